The van der Waals surface area contributed by atoms with Crippen molar-refractivity contribution in [3.63, 3.8) is 0 Å². The van der Waals surface area contributed by atoms with Crippen molar-refractivity contribution in [3.8, 4) is 33.4 Å². The summed E-state index contributed by atoms with van der Waals surface area (Å²) in [6.45, 7) is 0. The van der Waals surface area contributed by atoms with Gasteiger partial charge in [0.25, 0.3) is 0 Å². The molecular weight excluding hydrogens is 679 g/mol. The SMILES string of the molecule is c1ccc(-c2ccc(-c3ccccc3N(c3ccc(-c4cccc5c4oc4ccccc45)cc3)c3ccc4c5ccccc5c5ccccc5c4c3)cc2)cc1. The van der Waals surface area contributed by atoms with E-state index in [0.717, 1.165) is 61.3 Å². The van der Waals surface area contributed by atoms with Gasteiger partial charge < -0.3 is 9.32 Å². The fourth-order valence-corrected chi connectivity index (χ4v) is 8.61. The minimum atomic E-state index is 0.905. The Labute approximate surface area is 325 Å². The number of anilines is 3. The minimum absolute atomic E-state index is 0.905. The quantitative estimate of drug-likeness (QED) is 0.160. The summed E-state index contributed by atoms with van der Waals surface area (Å²) in [7, 11) is 0. The van der Waals surface area contributed by atoms with Gasteiger partial charge in [-0.15, -0.1) is 0 Å². The van der Waals surface area contributed by atoms with Gasteiger partial charge >= 0.3 is 0 Å². The molecule has 0 unspecified atom stereocenters. The van der Waals surface area contributed by atoms with Crippen LogP contribution in [0.4, 0.5) is 17.1 Å². The maximum absolute atomic E-state index is 6.45. The molecule has 11 rings (SSSR count). The molecule has 0 saturated heterocycles. The lowest BCUT2D eigenvalue weighted by Gasteiger charge is -2.28. The molecule has 0 radical (unpaired) electrons. The first-order valence-electron chi connectivity index (χ1n) is 19.2. The highest BCUT2D eigenvalue weighted by Gasteiger charge is 2.20. The number of fused-ring (bicyclic) bond motifs is 9. The second-order valence-corrected chi connectivity index (χ2v) is 14.4. The van der Waals surface area contributed by atoms with E-state index in [1.807, 2.05) is 12.1 Å². The highest BCUT2D eigenvalue weighted by atomic mass is 16.3. The van der Waals surface area contributed by atoms with Crippen molar-refractivity contribution >= 4 is 71.3 Å². The summed E-state index contributed by atoms with van der Waals surface area (Å²) in [6, 6.07) is 76.5. The summed E-state index contributed by atoms with van der Waals surface area (Å²) in [5.74, 6) is 0. The van der Waals surface area contributed by atoms with Crippen LogP contribution in [0.5, 0.6) is 0 Å². The van der Waals surface area contributed by atoms with Gasteiger partial charge in [0.15, 0.2) is 0 Å². The Balaban J connectivity index is 1.10. The number of hydrogen-bond donors (Lipinski definition) is 0. The third-order valence-electron chi connectivity index (χ3n) is 11.3. The highest BCUT2D eigenvalue weighted by molar-refractivity contribution is 6.26. The summed E-state index contributed by atoms with van der Waals surface area (Å²) < 4.78 is 6.45. The molecule has 0 aliphatic carbocycles. The topological polar surface area (TPSA) is 16.4 Å². The number of furan rings is 1. The van der Waals surface area contributed by atoms with Gasteiger partial charge in [-0.25, -0.2) is 0 Å². The molecule has 0 aliphatic heterocycles. The van der Waals surface area contributed by atoms with E-state index in [9.17, 15) is 0 Å². The Kier molecular flexibility index (Phi) is 7.53. The molecule has 11 aromatic rings. The number of nitrogens with zero attached hydrogens (tertiary/aromatic N) is 1. The Bertz CT molecular complexity index is 3200. The molecular formula is C54H35NO. The third-order valence-corrected chi connectivity index (χ3v) is 11.3. The van der Waals surface area contributed by atoms with E-state index in [4.69, 9.17) is 4.42 Å². The Morgan fingerprint density at radius 3 is 1.50 bits per heavy atom. The number of para-hydroxylation sites is 3. The van der Waals surface area contributed by atoms with Crippen LogP contribution in [0.25, 0.3) is 87.6 Å². The minimum Gasteiger partial charge on any atom is -0.455 e. The number of benzene rings is 10. The van der Waals surface area contributed by atoms with Crippen LogP contribution in [-0.2, 0) is 0 Å². The lowest BCUT2D eigenvalue weighted by atomic mass is 9.93. The monoisotopic (exact) mass is 713 g/mol. The molecule has 2 nitrogen and oxygen atoms in total. The van der Waals surface area contributed by atoms with Gasteiger partial charge in [-0.2, -0.15) is 0 Å². The Morgan fingerprint density at radius 2 is 0.768 bits per heavy atom. The third kappa shape index (κ3) is 5.26. The van der Waals surface area contributed by atoms with Crippen LogP contribution < -0.4 is 4.90 Å². The van der Waals surface area contributed by atoms with Crippen molar-refractivity contribution in [1.29, 1.82) is 0 Å². The molecule has 0 spiro atoms. The van der Waals surface area contributed by atoms with Crippen LogP contribution in [0.2, 0.25) is 0 Å². The first-order valence-corrected chi connectivity index (χ1v) is 19.2. The molecule has 0 amide bonds. The zero-order chi connectivity index (χ0) is 37.0. The molecule has 1 heterocycles. The van der Waals surface area contributed by atoms with Crippen molar-refractivity contribution in [2.45, 2.75) is 0 Å². The van der Waals surface area contributed by atoms with Crippen molar-refractivity contribution in [1.82, 2.24) is 0 Å². The standard InChI is InChI=1S/C54H35NO/c1-2-13-36(14-3-1)37-25-27-38(28-26-37)42-15-8-10-23-52(42)55(41-33-34-48-46-18-5-4-16-44(46)45-17-6-7-19-47(45)51(48)35-41)40-31-29-39(30-32-40)43-21-12-22-50-49-20-9-11-24-53(49)56-54(43)50/h1-35H. The largest absolute Gasteiger partial charge is 0.455 e. The molecule has 0 aliphatic rings. The van der Waals surface area contributed by atoms with Gasteiger partial charge in [0.1, 0.15) is 11.2 Å². The van der Waals surface area contributed by atoms with E-state index < -0.39 is 0 Å². The van der Waals surface area contributed by atoms with Crippen LogP contribution >= 0.6 is 0 Å². The molecule has 10 aromatic carbocycles. The molecule has 2 heteroatoms. The maximum Gasteiger partial charge on any atom is 0.143 e. The van der Waals surface area contributed by atoms with E-state index in [-0.39, 0.29) is 0 Å². The number of hydrogen-bond acceptors (Lipinski definition) is 2. The molecule has 0 saturated carbocycles. The molecule has 0 bridgehead atoms. The molecule has 0 N–H and O–H groups in total. The fraction of sp³-hybridized carbons (Fsp3) is 0. The van der Waals surface area contributed by atoms with Gasteiger partial charge in [-0.3, -0.25) is 0 Å². The predicted octanol–water partition coefficient (Wildman–Crippen LogP) is 15.5. The Morgan fingerprint density at radius 1 is 0.286 bits per heavy atom. The van der Waals surface area contributed by atoms with Crippen LogP contribution in [0.3, 0.4) is 0 Å². The van der Waals surface area contributed by atoms with Crippen LogP contribution in [-0.4, -0.2) is 0 Å². The second-order valence-electron chi connectivity index (χ2n) is 14.4. The van der Waals surface area contributed by atoms with E-state index >= 15 is 0 Å². The molecule has 262 valence electrons. The first-order chi connectivity index (χ1) is 27.8. The Hall–Kier alpha value is -7.42. The summed E-state index contributed by atoms with van der Waals surface area (Å²) in [5.41, 5.74) is 12.0. The first kappa shape index (κ1) is 32.0. The molecule has 0 atom stereocenters. The normalized spacial score (nSPS) is 11.6. The summed E-state index contributed by atoms with van der Waals surface area (Å²) in [6.07, 6.45) is 0. The molecule has 0 fully saturated rings. The lowest BCUT2D eigenvalue weighted by molar-refractivity contribution is 0.670. The maximum atomic E-state index is 6.45. The summed E-state index contributed by atoms with van der Waals surface area (Å²) >= 11 is 0. The van der Waals surface area contributed by atoms with Crippen molar-refractivity contribution in [2.75, 3.05) is 4.90 Å². The zero-order valence-corrected chi connectivity index (χ0v) is 30.6. The van der Waals surface area contributed by atoms with Crippen LogP contribution in [0, 0.1) is 0 Å². The van der Waals surface area contributed by atoms with Crippen molar-refractivity contribution in [2.24, 2.45) is 0 Å². The van der Waals surface area contributed by atoms with Crippen LogP contribution in [0.1, 0.15) is 0 Å². The van der Waals surface area contributed by atoms with Crippen LogP contribution in [0.15, 0.2) is 217 Å². The lowest BCUT2D eigenvalue weighted by Crippen LogP contribution is -2.11. The molecule has 1 aromatic heterocycles. The van der Waals surface area contributed by atoms with E-state index in [1.54, 1.807) is 0 Å². The zero-order valence-electron chi connectivity index (χ0n) is 30.6. The second kappa shape index (κ2) is 13.2. The number of rotatable bonds is 6. The molecule has 56 heavy (non-hydrogen) atoms. The van der Waals surface area contributed by atoms with E-state index in [2.05, 4.69) is 205 Å². The smallest absolute Gasteiger partial charge is 0.143 e. The van der Waals surface area contributed by atoms with Gasteiger partial charge in [0, 0.05) is 33.3 Å². The van der Waals surface area contributed by atoms with Crippen molar-refractivity contribution in [3.05, 3.63) is 212 Å². The van der Waals surface area contributed by atoms with Gasteiger partial charge in [-0.05, 0) is 91.0 Å². The van der Waals surface area contributed by atoms with Crippen molar-refractivity contribution < 1.29 is 4.42 Å². The summed E-state index contributed by atoms with van der Waals surface area (Å²) in [5, 5.41) is 9.82. The van der Waals surface area contributed by atoms with Gasteiger partial charge in [-0.1, -0.05) is 176 Å². The average Bonchev–Trinajstić information content (AvgIpc) is 3.67. The summed E-state index contributed by atoms with van der Waals surface area (Å²) in [4.78, 5) is 2.41. The average molecular weight is 714 g/mol. The van der Waals surface area contributed by atoms with E-state index in [1.165, 1.54) is 43.4 Å². The fourth-order valence-electron chi connectivity index (χ4n) is 8.61. The highest BCUT2D eigenvalue weighted by Crippen LogP contribution is 2.45. The van der Waals surface area contributed by atoms with E-state index in [0.29, 0.717) is 0 Å². The predicted molar refractivity (Wildman–Crippen MR) is 237 cm³/mol. The van der Waals surface area contributed by atoms with Gasteiger partial charge in [0.2, 0.25) is 0 Å². The van der Waals surface area contributed by atoms with Gasteiger partial charge in [0.05, 0.1) is 5.69 Å².